The summed E-state index contributed by atoms with van der Waals surface area (Å²) in [4.78, 5) is 27.4. The number of carbonyl (C=O) groups excluding carboxylic acids is 2. The molecule has 0 bridgehead atoms. The van der Waals surface area contributed by atoms with Crippen LogP contribution in [0.15, 0.2) is 11.1 Å². The summed E-state index contributed by atoms with van der Waals surface area (Å²) in [7, 11) is 0. The van der Waals surface area contributed by atoms with Gasteiger partial charge in [0.25, 0.3) is 0 Å². The lowest BCUT2D eigenvalue weighted by molar-refractivity contribution is -0.166. The quantitative estimate of drug-likeness (QED) is 0.578. The van der Waals surface area contributed by atoms with Crippen molar-refractivity contribution in [3.05, 3.63) is 11.1 Å². The van der Waals surface area contributed by atoms with E-state index in [0.717, 1.165) is 11.1 Å². The fourth-order valence-corrected chi connectivity index (χ4v) is 3.29. The normalized spacial score (nSPS) is 24.2. The molecule has 2 aliphatic rings. The number of nitrogens with zero attached hydrogens (tertiary/aromatic N) is 1. The average Bonchev–Trinajstić information content (AvgIpc) is 2.88. The summed E-state index contributed by atoms with van der Waals surface area (Å²) in [5.41, 5.74) is -1.10. The van der Waals surface area contributed by atoms with Crippen molar-refractivity contribution in [2.75, 3.05) is 26.2 Å². The number of aliphatic hydroxyl groups excluding tert-OH is 1. The van der Waals surface area contributed by atoms with Crippen LogP contribution in [0.5, 0.6) is 0 Å². The Morgan fingerprint density at radius 1 is 1.16 bits per heavy atom. The first-order chi connectivity index (χ1) is 11.4. The van der Waals surface area contributed by atoms with Crippen LogP contribution in [-0.2, 0) is 14.3 Å². The standard InChI is InChI=1S/C18H30N2O5/c1-16(2,3)24-14(22)18-11-19-9-13(18)12(10-21)7-8-20(18)15(23)25-17(4,5)6/h19,21H,7-11H2,1-6H3. The predicted molar refractivity (Wildman–Crippen MR) is 93.1 cm³/mol. The van der Waals surface area contributed by atoms with Crippen molar-refractivity contribution in [2.24, 2.45) is 0 Å². The molecule has 0 aromatic heterocycles. The second-order valence-electron chi connectivity index (χ2n) is 8.59. The number of hydrogen-bond acceptors (Lipinski definition) is 6. The van der Waals surface area contributed by atoms with Gasteiger partial charge in [0.05, 0.1) is 6.61 Å². The van der Waals surface area contributed by atoms with Gasteiger partial charge in [0.1, 0.15) is 11.2 Å². The number of nitrogens with one attached hydrogen (secondary N) is 1. The van der Waals surface area contributed by atoms with E-state index >= 15 is 0 Å². The van der Waals surface area contributed by atoms with E-state index in [1.54, 1.807) is 41.5 Å². The molecule has 2 N–H and O–H groups in total. The van der Waals surface area contributed by atoms with Crippen LogP contribution in [0.2, 0.25) is 0 Å². The highest BCUT2D eigenvalue weighted by Gasteiger charge is 2.57. The third kappa shape index (κ3) is 3.98. The maximum Gasteiger partial charge on any atom is 0.411 e. The van der Waals surface area contributed by atoms with Gasteiger partial charge in [0.15, 0.2) is 5.54 Å². The molecule has 7 nitrogen and oxygen atoms in total. The highest BCUT2D eigenvalue weighted by Crippen LogP contribution is 2.39. The molecule has 1 atom stereocenters. The number of aliphatic hydroxyl groups is 1. The molecule has 0 radical (unpaired) electrons. The van der Waals surface area contributed by atoms with Crippen LogP contribution in [0.3, 0.4) is 0 Å². The number of hydrogen-bond donors (Lipinski definition) is 2. The lowest BCUT2D eigenvalue weighted by Crippen LogP contribution is -2.63. The Morgan fingerprint density at radius 3 is 2.28 bits per heavy atom. The molecule has 142 valence electrons. The van der Waals surface area contributed by atoms with Crippen molar-refractivity contribution < 1.29 is 24.2 Å². The second kappa shape index (κ2) is 6.61. The zero-order chi connectivity index (χ0) is 19.0. The van der Waals surface area contributed by atoms with E-state index in [4.69, 9.17) is 9.47 Å². The smallest absolute Gasteiger partial charge is 0.411 e. The Hall–Kier alpha value is -1.60. The van der Waals surface area contributed by atoms with Gasteiger partial charge in [-0.1, -0.05) is 0 Å². The molecule has 0 spiro atoms. The van der Waals surface area contributed by atoms with Crippen LogP contribution in [0.4, 0.5) is 4.79 Å². The third-order valence-corrected chi connectivity index (χ3v) is 4.25. The summed E-state index contributed by atoms with van der Waals surface area (Å²) in [6.07, 6.45) is -0.0336. The highest BCUT2D eigenvalue weighted by molar-refractivity contribution is 5.92. The van der Waals surface area contributed by atoms with Crippen LogP contribution in [0.1, 0.15) is 48.0 Å². The van der Waals surface area contributed by atoms with Crippen molar-refractivity contribution in [3.8, 4) is 0 Å². The molecular formula is C18H30N2O5. The Kier molecular flexibility index (Phi) is 5.21. The van der Waals surface area contributed by atoms with E-state index in [-0.39, 0.29) is 13.2 Å². The van der Waals surface area contributed by atoms with Gasteiger partial charge < -0.3 is 19.9 Å². The summed E-state index contributed by atoms with van der Waals surface area (Å²) >= 11 is 0. The van der Waals surface area contributed by atoms with Gasteiger partial charge in [-0.25, -0.2) is 9.59 Å². The van der Waals surface area contributed by atoms with Crippen molar-refractivity contribution in [1.29, 1.82) is 0 Å². The maximum atomic E-state index is 13.1. The van der Waals surface area contributed by atoms with Gasteiger partial charge >= 0.3 is 12.1 Å². The van der Waals surface area contributed by atoms with E-state index < -0.39 is 28.8 Å². The number of rotatable bonds is 2. The van der Waals surface area contributed by atoms with Crippen molar-refractivity contribution in [1.82, 2.24) is 10.2 Å². The number of amides is 1. The first-order valence-electron chi connectivity index (χ1n) is 8.68. The summed E-state index contributed by atoms with van der Waals surface area (Å²) in [6.45, 7) is 11.6. The van der Waals surface area contributed by atoms with Gasteiger partial charge in [-0.2, -0.15) is 0 Å². The van der Waals surface area contributed by atoms with Gasteiger partial charge in [-0.15, -0.1) is 0 Å². The van der Waals surface area contributed by atoms with Crippen LogP contribution in [0.25, 0.3) is 0 Å². The molecule has 0 saturated carbocycles. The number of esters is 1. The van der Waals surface area contributed by atoms with Gasteiger partial charge in [0.2, 0.25) is 0 Å². The Bertz CT molecular complexity index is 585. The number of ether oxygens (including phenoxy) is 2. The average molecular weight is 354 g/mol. The van der Waals surface area contributed by atoms with E-state index in [2.05, 4.69) is 5.32 Å². The minimum absolute atomic E-state index is 0.135. The van der Waals surface area contributed by atoms with Crippen molar-refractivity contribution in [3.63, 3.8) is 0 Å². The van der Waals surface area contributed by atoms with E-state index in [1.807, 2.05) is 0 Å². The first-order valence-corrected chi connectivity index (χ1v) is 8.68. The summed E-state index contributed by atoms with van der Waals surface area (Å²) in [6, 6.07) is 0. The molecule has 0 aromatic rings. The van der Waals surface area contributed by atoms with E-state index in [1.165, 1.54) is 4.90 Å². The largest absolute Gasteiger partial charge is 0.458 e. The second-order valence-corrected chi connectivity index (χ2v) is 8.59. The molecule has 2 heterocycles. The zero-order valence-electron chi connectivity index (χ0n) is 16.1. The lowest BCUT2D eigenvalue weighted by atomic mass is 9.82. The molecule has 2 aliphatic heterocycles. The molecule has 1 fully saturated rings. The molecule has 1 saturated heterocycles. The molecule has 2 rings (SSSR count). The number of carbonyl (C=O) groups is 2. The third-order valence-electron chi connectivity index (χ3n) is 4.25. The number of fused-ring (bicyclic) bond motifs is 1. The fraction of sp³-hybridized carbons (Fsp3) is 0.778. The predicted octanol–water partition coefficient (Wildman–Crippen LogP) is 1.60. The van der Waals surface area contributed by atoms with Crippen LogP contribution in [-0.4, -0.2) is 65.1 Å². The SMILES string of the molecule is CC(C)(C)OC(=O)N1CCC(CO)=C2CNCC21C(=O)OC(C)(C)C. The summed E-state index contributed by atoms with van der Waals surface area (Å²) < 4.78 is 11.2. The maximum absolute atomic E-state index is 13.1. The zero-order valence-corrected chi connectivity index (χ0v) is 16.1. The summed E-state index contributed by atoms with van der Waals surface area (Å²) in [5.74, 6) is -0.489. The minimum Gasteiger partial charge on any atom is -0.458 e. The lowest BCUT2D eigenvalue weighted by Gasteiger charge is -2.44. The molecule has 1 unspecified atom stereocenters. The first kappa shape index (κ1) is 19.7. The molecule has 25 heavy (non-hydrogen) atoms. The van der Waals surface area contributed by atoms with Gasteiger partial charge in [-0.05, 0) is 59.1 Å². The fourth-order valence-electron chi connectivity index (χ4n) is 3.29. The summed E-state index contributed by atoms with van der Waals surface area (Å²) in [5, 5.41) is 12.9. The van der Waals surface area contributed by atoms with Crippen LogP contribution >= 0.6 is 0 Å². The Labute approximate surface area is 149 Å². The van der Waals surface area contributed by atoms with Gasteiger partial charge in [0, 0.05) is 19.6 Å². The van der Waals surface area contributed by atoms with E-state index in [9.17, 15) is 14.7 Å². The topological polar surface area (TPSA) is 88.1 Å². The Morgan fingerprint density at radius 2 is 1.76 bits per heavy atom. The minimum atomic E-state index is -1.26. The van der Waals surface area contributed by atoms with Gasteiger partial charge in [-0.3, -0.25) is 4.90 Å². The van der Waals surface area contributed by atoms with Crippen molar-refractivity contribution >= 4 is 12.1 Å². The Balaban J connectivity index is 2.47. The monoisotopic (exact) mass is 354 g/mol. The van der Waals surface area contributed by atoms with Crippen molar-refractivity contribution in [2.45, 2.75) is 64.7 Å². The molecule has 0 aromatic carbocycles. The van der Waals surface area contributed by atoms with Crippen LogP contribution < -0.4 is 5.32 Å². The molecule has 7 heteroatoms. The highest BCUT2D eigenvalue weighted by atomic mass is 16.6. The molecule has 0 aliphatic carbocycles. The molecular weight excluding hydrogens is 324 g/mol. The van der Waals surface area contributed by atoms with Crippen LogP contribution in [0, 0.1) is 0 Å². The molecule has 1 amide bonds. The van der Waals surface area contributed by atoms with E-state index in [0.29, 0.717) is 19.5 Å².